The summed E-state index contributed by atoms with van der Waals surface area (Å²) in [6.07, 6.45) is 6.30. The summed E-state index contributed by atoms with van der Waals surface area (Å²) in [6.45, 7) is 0. The molecule has 0 radical (unpaired) electrons. The lowest BCUT2D eigenvalue weighted by Crippen LogP contribution is -1.90. The van der Waals surface area contributed by atoms with Gasteiger partial charge in [0.25, 0.3) is 0 Å². The quantitative estimate of drug-likeness (QED) is 0.722. The summed E-state index contributed by atoms with van der Waals surface area (Å²) in [5, 5.41) is 8.30. The van der Waals surface area contributed by atoms with Crippen molar-refractivity contribution in [3.8, 4) is 0 Å². The van der Waals surface area contributed by atoms with Crippen molar-refractivity contribution < 1.29 is 9.90 Å². The SMILES string of the molecule is O=C(O)CC=Cc1ncccn1. The Balaban J connectivity index is 2.52. The molecule has 4 nitrogen and oxygen atoms in total. The number of carbonyl (C=O) groups is 1. The number of aromatic nitrogens is 2. The van der Waals surface area contributed by atoms with Crippen LogP contribution in [0.4, 0.5) is 0 Å². The molecule has 0 aliphatic carbocycles. The molecule has 0 unspecified atom stereocenters. The molecule has 1 heterocycles. The first kappa shape index (κ1) is 8.39. The van der Waals surface area contributed by atoms with Gasteiger partial charge >= 0.3 is 5.97 Å². The molecule has 1 aromatic heterocycles. The van der Waals surface area contributed by atoms with Gasteiger partial charge in [0.15, 0.2) is 5.82 Å². The van der Waals surface area contributed by atoms with Crippen molar-refractivity contribution in [1.82, 2.24) is 9.97 Å². The normalized spacial score (nSPS) is 10.3. The molecule has 0 amide bonds. The Morgan fingerprint density at radius 3 is 2.75 bits per heavy atom. The Bertz CT molecular complexity index is 282. The molecule has 1 rings (SSSR count). The molecule has 0 fully saturated rings. The van der Waals surface area contributed by atoms with Crippen molar-refractivity contribution in [3.63, 3.8) is 0 Å². The highest BCUT2D eigenvalue weighted by atomic mass is 16.4. The molecule has 0 saturated heterocycles. The molecular formula is C8H8N2O2. The van der Waals surface area contributed by atoms with Crippen molar-refractivity contribution in [1.29, 1.82) is 0 Å². The Labute approximate surface area is 69.6 Å². The number of carboxylic acid groups (broad SMARTS) is 1. The molecule has 0 saturated carbocycles. The third-order valence-corrected chi connectivity index (χ3v) is 1.15. The summed E-state index contributed by atoms with van der Waals surface area (Å²) in [5.74, 6) is -0.332. The minimum Gasteiger partial charge on any atom is -0.481 e. The Morgan fingerprint density at radius 2 is 2.17 bits per heavy atom. The van der Waals surface area contributed by atoms with Crippen LogP contribution in [0.2, 0.25) is 0 Å². The third-order valence-electron chi connectivity index (χ3n) is 1.15. The molecular weight excluding hydrogens is 156 g/mol. The van der Waals surface area contributed by atoms with E-state index in [9.17, 15) is 4.79 Å². The first-order valence-electron chi connectivity index (χ1n) is 3.44. The maximum Gasteiger partial charge on any atom is 0.307 e. The van der Waals surface area contributed by atoms with Crippen molar-refractivity contribution in [2.45, 2.75) is 6.42 Å². The number of rotatable bonds is 3. The van der Waals surface area contributed by atoms with Crippen molar-refractivity contribution >= 4 is 12.0 Å². The van der Waals surface area contributed by atoms with Crippen molar-refractivity contribution in [2.24, 2.45) is 0 Å². The van der Waals surface area contributed by atoms with Crippen LogP contribution in [0, 0.1) is 0 Å². The maximum atomic E-state index is 10.1. The highest BCUT2D eigenvalue weighted by Crippen LogP contribution is 1.92. The molecule has 1 N–H and O–H groups in total. The van der Waals surface area contributed by atoms with Gasteiger partial charge in [-0.25, -0.2) is 9.97 Å². The predicted molar refractivity (Wildman–Crippen MR) is 43.3 cm³/mol. The van der Waals surface area contributed by atoms with Gasteiger partial charge in [0.2, 0.25) is 0 Å². The fourth-order valence-electron chi connectivity index (χ4n) is 0.662. The summed E-state index contributed by atoms with van der Waals surface area (Å²) < 4.78 is 0. The van der Waals surface area contributed by atoms with Crippen molar-refractivity contribution in [3.05, 3.63) is 30.4 Å². The molecule has 0 aliphatic rings. The summed E-state index contributed by atoms with van der Waals surface area (Å²) in [7, 11) is 0. The van der Waals surface area contributed by atoms with Crippen LogP contribution < -0.4 is 0 Å². The minimum atomic E-state index is -0.859. The lowest BCUT2D eigenvalue weighted by atomic mass is 10.4. The first-order valence-corrected chi connectivity index (χ1v) is 3.44. The van der Waals surface area contributed by atoms with E-state index in [1.807, 2.05) is 0 Å². The molecule has 4 heteroatoms. The second kappa shape index (κ2) is 4.23. The maximum absolute atomic E-state index is 10.1. The van der Waals surface area contributed by atoms with Gasteiger partial charge in [-0.2, -0.15) is 0 Å². The Hall–Kier alpha value is -1.71. The fraction of sp³-hybridized carbons (Fsp3) is 0.125. The molecule has 12 heavy (non-hydrogen) atoms. The predicted octanol–water partition coefficient (Wildman–Crippen LogP) is 0.965. The Kier molecular flexibility index (Phi) is 2.95. The second-order valence-corrected chi connectivity index (χ2v) is 2.11. The summed E-state index contributed by atoms with van der Waals surface area (Å²) in [4.78, 5) is 17.9. The van der Waals surface area contributed by atoms with Crippen LogP contribution in [0.15, 0.2) is 24.5 Å². The lowest BCUT2D eigenvalue weighted by molar-refractivity contribution is -0.135. The minimum absolute atomic E-state index is 0.00173. The summed E-state index contributed by atoms with van der Waals surface area (Å²) >= 11 is 0. The molecule has 0 bridgehead atoms. The van der Waals surface area contributed by atoms with E-state index >= 15 is 0 Å². The van der Waals surface area contributed by atoms with Gasteiger partial charge in [0.05, 0.1) is 6.42 Å². The van der Waals surface area contributed by atoms with Gasteiger partial charge in [-0.15, -0.1) is 0 Å². The van der Waals surface area contributed by atoms with Crippen LogP contribution in [0.3, 0.4) is 0 Å². The van der Waals surface area contributed by atoms with Crippen LogP contribution in [-0.2, 0) is 4.79 Å². The topological polar surface area (TPSA) is 63.1 Å². The summed E-state index contributed by atoms with van der Waals surface area (Å²) in [5.41, 5.74) is 0. The van der Waals surface area contributed by atoms with E-state index in [1.165, 1.54) is 6.08 Å². The second-order valence-electron chi connectivity index (χ2n) is 2.11. The first-order chi connectivity index (χ1) is 5.79. The standard InChI is InChI=1S/C8H8N2O2/c11-8(12)4-1-3-7-9-5-2-6-10-7/h1-3,5-6H,4H2,(H,11,12). The van der Waals surface area contributed by atoms with Gasteiger partial charge in [-0.1, -0.05) is 6.08 Å². The van der Waals surface area contributed by atoms with Gasteiger partial charge in [-0.3, -0.25) is 4.79 Å². The van der Waals surface area contributed by atoms with E-state index in [0.29, 0.717) is 5.82 Å². The number of hydrogen-bond donors (Lipinski definition) is 1. The smallest absolute Gasteiger partial charge is 0.307 e. The van der Waals surface area contributed by atoms with Gasteiger partial charge in [0.1, 0.15) is 0 Å². The number of carboxylic acids is 1. The third kappa shape index (κ3) is 2.92. The highest BCUT2D eigenvalue weighted by molar-refractivity contribution is 5.69. The molecule has 1 aromatic rings. The summed E-state index contributed by atoms with van der Waals surface area (Å²) in [6, 6.07) is 1.70. The van der Waals surface area contributed by atoms with Crippen LogP contribution in [0.5, 0.6) is 0 Å². The largest absolute Gasteiger partial charge is 0.481 e. The molecule has 0 atom stereocenters. The number of nitrogens with zero attached hydrogens (tertiary/aromatic N) is 2. The van der Waals surface area contributed by atoms with Crippen molar-refractivity contribution in [2.75, 3.05) is 0 Å². The molecule has 0 aliphatic heterocycles. The molecule has 62 valence electrons. The van der Waals surface area contributed by atoms with E-state index in [1.54, 1.807) is 24.5 Å². The average molecular weight is 164 g/mol. The van der Waals surface area contributed by atoms with Crippen LogP contribution in [0.1, 0.15) is 12.2 Å². The monoisotopic (exact) mass is 164 g/mol. The highest BCUT2D eigenvalue weighted by Gasteiger charge is 1.90. The lowest BCUT2D eigenvalue weighted by Gasteiger charge is -1.87. The van der Waals surface area contributed by atoms with Gasteiger partial charge in [-0.05, 0) is 12.1 Å². The zero-order valence-electron chi connectivity index (χ0n) is 6.34. The van der Waals surface area contributed by atoms with E-state index in [2.05, 4.69) is 9.97 Å². The number of hydrogen-bond acceptors (Lipinski definition) is 3. The molecule has 0 aromatic carbocycles. The van der Waals surface area contributed by atoms with Crippen LogP contribution in [0.25, 0.3) is 6.08 Å². The fourth-order valence-corrected chi connectivity index (χ4v) is 0.662. The molecule has 0 spiro atoms. The van der Waals surface area contributed by atoms with Crippen LogP contribution >= 0.6 is 0 Å². The van der Waals surface area contributed by atoms with E-state index in [-0.39, 0.29) is 6.42 Å². The van der Waals surface area contributed by atoms with E-state index < -0.39 is 5.97 Å². The van der Waals surface area contributed by atoms with Gasteiger partial charge in [0, 0.05) is 12.4 Å². The zero-order chi connectivity index (χ0) is 8.81. The van der Waals surface area contributed by atoms with Gasteiger partial charge < -0.3 is 5.11 Å². The van der Waals surface area contributed by atoms with E-state index in [0.717, 1.165) is 0 Å². The average Bonchev–Trinajstić information content (AvgIpc) is 2.05. The Morgan fingerprint density at radius 1 is 1.50 bits per heavy atom. The van der Waals surface area contributed by atoms with E-state index in [4.69, 9.17) is 5.11 Å². The van der Waals surface area contributed by atoms with Crippen LogP contribution in [-0.4, -0.2) is 21.0 Å². The number of aliphatic carboxylic acids is 1. The zero-order valence-corrected chi connectivity index (χ0v) is 6.34.